The molecule has 0 bridgehead atoms. The predicted octanol–water partition coefficient (Wildman–Crippen LogP) is 3.58. The van der Waals surface area contributed by atoms with Crippen molar-refractivity contribution in [1.29, 1.82) is 0 Å². The monoisotopic (exact) mass is 440 g/mol. The maximum absolute atomic E-state index is 13.1. The van der Waals surface area contributed by atoms with E-state index in [1.165, 1.54) is 19.4 Å². The summed E-state index contributed by atoms with van der Waals surface area (Å²) in [6, 6.07) is 23.0. The first-order valence-electron chi connectivity index (χ1n) is 10.0. The molecule has 0 aliphatic heterocycles. The average Bonchev–Trinajstić information content (AvgIpc) is 2.85. The van der Waals surface area contributed by atoms with Crippen molar-refractivity contribution in [3.05, 3.63) is 100 Å². The lowest BCUT2D eigenvalue weighted by Gasteiger charge is -2.12. The number of hydrazone groups is 1. The van der Waals surface area contributed by atoms with E-state index in [1.807, 2.05) is 60.7 Å². The molecule has 4 rings (SSSR count). The molecule has 0 unspecified atom stereocenters. The highest BCUT2D eigenvalue weighted by molar-refractivity contribution is 6.03. The Morgan fingerprint density at radius 2 is 1.70 bits per heavy atom. The molecule has 1 heterocycles. The zero-order chi connectivity index (χ0) is 23.2. The SMILES string of the molecule is COc1cc(C=NNC(=O)c2c(-c3ccccc3)c(-c3ccccc3)n[nH]c2=O)ccc1O. The first kappa shape index (κ1) is 21.5. The maximum Gasteiger partial charge on any atom is 0.277 e. The molecule has 0 saturated heterocycles. The summed E-state index contributed by atoms with van der Waals surface area (Å²) in [6.45, 7) is 0. The number of nitrogens with zero attached hydrogens (tertiary/aromatic N) is 2. The van der Waals surface area contributed by atoms with Gasteiger partial charge in [0.1, 0.15) is 5.56 Å². The van der Waals surface area contributed by atoms with E-state index in [0.717, 1.165) is 5.56 Å². The second kappa shape index (κ2) is 9.61. The van der Waals surface area contributed by atoms with E-state index in [1.54, 1.807) is 12.1 Å². The summed E-state index contributed by atoms with van der Waals surface area (Å²) < 4.78 is 5.07. The number of phenolic OH excluding ortho intramolecular Hbond substituents is 1. The predicted molar refractivity (Wildman–Crippen MR) is 125 cm³/mol. The van der Waals surface area contributed by atoms with Crippen molar-refractivity contribution in [2.45, 2.75) is 0 Å². The van der Waals surface area contributed by atoms with Gasteiger partial charge in [-0.05, 0) is 29.3 Å². The Balaban J connectivity index is 1.74. The summed E-state index contributed by atoms with van der Waals surface area (Å²) in [4.78, 5) is 25.8. The highest BCUT2D eigenvalue weighted by Gasteiger charge is 2.22. The molecular formula is C25H20N4O4. The number of aromatic amines is 1. The van der Waals surface area contributed by atoms with Crippen molar-refractivity contribution in [3.63, 3.8) is 0 Å². The van der Waals surface area contributed by atoms with Gasteiger partial charge in [-0.2, -0.15) is 10.2 Å². The van der Waals surface area contributed by atoms with Gasteiger partial charge >= 0.3 is 0 Å². The highest BCUT2D eigenvalue weighted by Crippen LogP contribution is 2.31. The van der Waals surface area contributed by atoms with Crippen molar-refractivity contribution < 1.29 is 14.6 Å². The van der Waals surface area contributed by atoms with Crippen molar-refractivity contribution >= 4 is 12.1 Å². The van der Waals surface area contributed by atoms with Crippen LogP contribution in [0, 0.1) is 0 Å². The van der Waals surface area contributed by atoms with Gasteiger partial charge in [-0.3, -0.25) is 9.59 Å². The molecule has 0 spiro atoms. The van der Waals surface area contributed by atoms with Gasteiger partial charge in [0.2, 0.25) is 0 Å². The number of carbonyl (C=O) groups is 1. The molecule has 8 nitrogen and oxygen atoms in total. The van der Waals surface area contributed by atoms with Crippen LogP contribution in [-0.2, 0) is 0 Å². The molecule has 164 valence electrons. The van der Waals surface area contributed by atoms with Gasteiger partial charge in [-0.1, -0.05) is 60.7 Å². The standard InChI is InChI=1S/C25H20N4O4/c1-33-20-14-16(12-13-19(20)30)15-26-28-24(31)22-21(17-8-4-2-5-9-17)23(27-29-25(22)32)18-10-6-3-7-11-18/h2-15,30H,1H3,(H,28,31)(H,29,32). The molecule has 3 N–H and O–H groups in total. The topological polar surface area (TPSA) is 117 Å². The number of benzene rings is 3. The second-order valence-electron chi connectivity index (χ2n) is 7.01. The van der Waals surface area contributed by atoms with Crippen LogP contribution < -0.4 is 15.7 Å². The van der Waals surface area contributed by atoms with Gasteiger partial charge in [0.15, 0.2) is 11.5 Å². The fourth-order valence-corrected chi connectivity index (χ4v) is 3.35. The van der Waals surface area contributed by atoms with Gasteiger partial charge in [-0.25, -0.2) is 10.5 Å². The molecular weight excluding hydrogens is 420 g/mol. The quantitative estimate of drug-likeness (QED) is 0.313. The molecule has 1 amide bonds. The summed E-state index contributed by atoms with van der Waals surface area (Å²) in [5.74, 6) is -0.422. The van der Waals surface area contributed by atoms with Crippen LogP contribution in [-0.4, -0.2) is 34.5 Å². The van der Waals surface area contributed by atoms with Crippen LogP contribution >= 0.6 is 0 Å². The number of aromatic nitrogens is 2. The number of amides is 1. The lowest BCUT2D eigenvalue weighted by atomic mass is 9.95. The average molecular weight is 440 g/mol. The lowest BCUT2D eigenvalue weighted by molar-refractivity contribution is 0.0954. The summed E-state index contributed by atoms with van der Waals surface area (Å²) >= 11 is 0. The first-order valence-corrected chi connectivity index (χ1v) is 10.0. The van der Waals surface area contributed by atoms with Crippen molar-refractivity contribution in [2.75, 3.05) is 7.11 Å². The Kier molecular flexibility index (Phi) is 6.26. The Morgan fingerprint density at radius 3 is 2.36 bits per heavy atom. The number of carbonyl (C=O) groups excluding carboxylic acids is 1. The van der Waals surface area contributed by atoms with Crippen LogP contribution in [0.4, 0.5) is 0 Å². The van der Waals surface area contributed by atoms with Crippen molar-refractivity contribution in [1.82, 2.24) is 15.6 Å². The van der Waals surface area contributed by atoms with E-state index in [-0.39, 0.29) is 17.1 Å². The molecule has 3 aromatic carbocycles. The number of methoxy groups -OCH3 is 1. The van der Waals surface area contributed by atoms with Crippen LogP contribution in [0.15, 0.2) is 88.8 Å². The zero-order valence-electron chi connectivity index (χ0n) is 17.6. The number of hydrogen-bond acceptors (Lipinski definition) is 6. The molecule has 0 saturated carbocycles. The van der Waals surface area contributed by atoms with Crippen LogP contribution in [0.25, 0.3) is 22.4 Å². The maximum atomic E-state index is 13.1. The highest BCUT2D eigenvalue weighted by atomic mass is 16.5. The Morgan fingerprint density at radius 1 is 1.03 bits per heavy atom. The molecule has 8 heteroatoms. The van der Waals surface area contributed by atoms with E-state index in [0.29, 0.717) is 22.4 Å². The largest absolute Gasteiger partial charge is 0.504 e. The van der Waals surface area contributed by atoms with Gasteiger partial charge < -0.3 is 9.84 Å². The summed E-state index contributed by atoms with van der Waals surface area (Å²) in [6.07, 6.45) is 1.38. The fourth-order valence-electron chi connectivity index (χ4n) is 3.35. The molecule has 1 aromatic heterocycles. The van der Waals surface area contributed by atoms with Crippen molar-refractivity contribution in [3.8, 4) is 33.9 Å². The number of rotatable bonds is 6. The molecule has 0 atom stereocenters. The van der Waals surface area contributed by atoms with E-state index in [4.69, 9.17) is 4.74 Å². The van der Waals surface area contributed by atoms with E-state index in [2.05, 4.69) is 20.7 Å². The molecule has 33 heavy (non-hydrogen) atoms. The number of aromatic hydroxyl groups is 1. The van der Waals surface area contributed by atoms with Gasteiger partial charge in [0.05, 0.1) is 19.0 Å². The third-order valence-electron chi connectivity index (χ3n) is 4.90. The third-order valence-corrected chi connectivity index (χ3v) is 4.90. The summed E-state index contributed by atoms with van der Waals surface area (Å²) in [7, 11) is 1.43. The second-order valence-corrected chi connectivity index (χ2v) is 7.01. The van der Waals surface area contributed by atoms with Gasteiger partial charge in [0.25, 0.3) is 11.5 Å². The first-order chi connectivity index (χ1) is 16.1. The number of H-pyrrole nitrogens is 1. The summed E-state index contributed by atoms with van der Waals surface area (Å²) in [5, 5.41) is 20.3. The molecule has 4 aromatic rings. The third kappa shape index (κ3) is 4.64. The Hall–Kier alpha value is -4.72. The fraction of sp³-hybridized carbons (Fsp3) is 0.0400. The van der Waals surface area contributed by atoms with E-state index in [9.17, 15) is 14.7 Å². The minimum Gasteiger partial charge on any atom is -0.504 e. The van der Waals surface area contributed by atoms with E-state index >= 15 is 0 Å². The normalized spacial score (nSPS) is 10.8. The number of hydrogen-bond donors (Lipinski definition) is 3. The zero-order valence-corrected chi connectivity index (χ0v) is 17.6. The lowest BCUT2D eigenvalue weighted by Crippen LogP contribution is -2.28. The Labute approximate surface area is 189 Å². The molecule has 0 aliphatic rings. The van der Waals surface area contributed by atoms with Gasteiger partial charge in [0, 0.05) is 11.1 Å². The number of phenols is 1. The molecule has 0 radical (unpaired) electrons. The number of nitrogens with one attached hydrogen (secondary N) is 2. The van der Waals surface area contributed by atoms with Crippen LogP contribution in [0.2, 0.25) is 0 Å². The molecule has 0 aliphatic carbocycles. The van der Waals surface area contributed by atoms with Crippen LogP contribution in [0.5, 0.6) is 11.5 Å². The number of ether oxygens (including phenoxy) is 1. The minimum atomic E-state index is -0.684. The molecule has 0 fully saturated rings. The Bertz CT molecular complexity index is 1370. The summed E-state index contributed by atoms with van der Waals surface area (Å²) in [5.41, 5.74) is 4.56. The van der Waals surface area contributed by atoms with Gasteiger partial charge in [-0.15, -0.1) is 0 Å². The van der Waals surface area contributed by atoms with Crippen LogP contribution in [0.1, 0.15) is 15.9 Å². The van der Waals surface area contributed by atoms with Crippen molar-refractivity contribution in [2.24, 2.45) is 5.10 Å². The van der Waals surface area contributed by atoms with Crippen LogP contribution in [0.3, 0.4) is 0 Å². The smallest absolute Gasteiger partial charge is 0.277 e. The minimum absolute atomic E-state index is 0.0112. The van der Waals surface area contributed by atoms with E-state index < -0.39 is 11.5 Å².